The highest BCUT2D eigenvalue weighted by molar-refractivity contribution is 7.92. The normalized spacial score (nSPS) is 15.4. The van der Waals surface area contributed by atoms with E-state index in [-0.39, 0.29) is 6.61 Å². The SMILES string of the molecule is CC(C)=CCCC(C)=CCCC(C)=CCC(C(C)=CCCC(C)=CCCC(C)=CCO)S(=O)(=O)C(C)C. The van der Waals surface area contributed by atoms with E-state index in [1.54, 1.807) is 13.8 Å². The Hall–Kier alpha value is -1.65. The summed E-state index contributed by atoms with van der Waals surface area (Å²) >= 11 is 0. The first-order chi connectivity index (χ1) is 17.3. The number of rotatable bonds is 18. The van der Waals surface area contributed by atoms with Crippen molar-refractivity contribution in [3.8, 4) is 0 Å². The van der Waals surface area contributed by atoms with Crippen LogP contribution in [-0.4, -0.2) is 30.6 Å². The molecule has 1 atom stereocenters. The minimum Gasteiger partial charge on any atom is -0.392 e. The summed E-state index contributed by atoms with van der Waals surface area (Å²) in [6, 6.07) is 0. The lowest BCUT2D eigenvalue weighted by molar-refractivity contribution is 0.341. The van der Waals surface area contributed by atoms with Gasteiger partial charge in [-0.3, -0.25) is 0 Å². The van der Waals surface area contributed by atoms with Crippen LogP contribution in [0.3, 0.4) is 0 Å². The second-order valence-electron chi connectivity index (χ2n) is 11.1. The molecule has 0 aromatic rings. The highest BCUT2D eigenvalue weighted by atomic mass is 32.2. The Morgan fingerprint density at radius 1 is 0.622 bits per heavy atom. The van der Waals surface area contributed by atoms with Gasteiger partial charge in [-0.25, -0.2) is 8.42 Å². The van der Waals surface area contributed by atoms with Crippen molar-refractivity contribution >= 4 is 9.84 Å². The van der Waals surface area contributed by atoms with E-state index < -0.39 is 20.3 Å². The average molecular weight is 533 g/mol. The van der Waals surface area contributed by atoms with Crippen molar-refractivity contribution < 1.29 is 13.5 Å². The zero-order valence-electron chi connectivity index (χ0n) is 25.4. The Bertz CT molecular complexity index is 950. The molecule has 3 nitrogen and oxygen atoms in total. The summed E-state index contributed by atoms with van der Waals surface area (Å²) < 4.78 is 26.3. The van der Waals surface area contributed by atoms with E-state index in [0.29, 0.717) is 6.42 Å². The number of aliphatic hydroxyl groups excluding tert-OH is 1. The molecule has 0 aliphatic heterocycles. The topological polar surface area (TPSA) is 54.4 Å². The number of hydrogen-bond donors (Lipinski definition) is 1. The predicted molar refractivity (Wildman–Crippen MR) is 165 cm³/mol. The first-order valence-electron chi connectivity index (χ1n) is 14.1. The molecule has 0 bridgehead atoms. The summed E-state index contributed by atoms with van der Waals surface area (Å²) in [5, 5.41) is 8.12. The molecule has 0 radical (unpaired) electrons. The van der Waals surface area contributed by atoms with Crippen LogP contribution in [0.4, 0.5) is 0 Å². The van der Waals surface area contributed by atoms with E-state index in [0.717, 1.165) is 56.9 Å². The summed E-state index contributed by atoms with van der Waals surface area (Å²) in [5.74, 6) is 0. The van der Waals surface area contributed by atoms with Crippen molar-refractivity contribution in [3.05, 3.63) is 69.9 Å². The summed E-state index contributed by atoms with van der Waals surface area (Å²) in [4.78, 5) is 0. The molecule has 1 N–H and O–H groups in total. The van der Waals surface area contributed by atoms with Crippen LogP contribution >= 0.6 is 0 Å². The highest BCUT2D eigenvalue weighted by Crippen LogP contribution is 2.24. The van der Waals surface area contributed by atoms with Crippen LogP contribution in [0.1, 0.15) is 120 Å². The molecule has 0 saturated heterocycles. The van der Waals surface area contributed by atoms with Crippen molar-refractivity contribution in [2.45, 2.75) is 131 Å². The Balaban J connectivity index is 5.13. The molecule has 0 aliphatic rings. The van der Waals surface area contributed by atoms with Gasteiger partial charge in [0.2, 0.25) is 0 Å². The Morgan fingerprint density at radius 3 is 1.46 bits per heavy atom. The molecule has 1 unspecified atom stereocenters. The standard InChI is InChI=1S/C33H56O3S/c1-26(2)14-10-15-28(5)16-11-18-30(7)22-23-33(37(35,36)27(3)4)32(9)21-13-20-29(6)17-12-19-31(8)24-25-34/h14,16-17,21-22,24,27,33-34H,10-13,15,18-20,23,25H2,1-9H3. The average Bonchev–Trinajstić information content (AvgIpc) is 2.78. The molecule has 212 valence electrons. The van der Waals surface area contributed by atoms with Crippen molar-refractivity contribution in [2.75, 3.05) is 6.61 Å². The maximum Gasteiger partial charge on any atom is 0.159 e. The minimum atomic E-state index is -3.24. The van der Waals surface area contributed by atoms with Crippen molar-refractivity contribution in [3.63, 3.8) is 0 Å². The van der Waals surface area contributed by atoms with Crippen molar-refractivity contribution in [1.82, 2.24) is 0 Å². The largest absolute Gasteiger partial charge is 0.392 e. The van der Waals surface area contributed by atoms with Gasteiger partial charge in [0.05, 0.1) is 17.1 Å². The molecule has 0 spiro atoms. The minimum absolute atomic E-state index is 0.0986. The fourth-order valence-electron chi connectivity index (χ4n) is 4.12. The van der Waals surface area contributed by atoms with Crippen LogP contribution in [0.15, 0.2) is 69.9 Å². The maximum atomic E-state index is 13.2. The molecule has 0 fully saturated rings. The first kappa shape index (κ1) is 35.4. The molecule has 37 heavy (non-hydrogen) atoms. The van der Waals surface area contributed by atoms with E-state index in [9.17, 15) is 8.42 Å². The lowest BCUT2D eigenvalue weighted by Gasteiger charge is -2.20. The highest BCUT2D eigenvalue weighted by Gasteiger charge is 2.29. The molecule has 0 rings (SSSR count). The first-order valence-corrected chi connectivity index (χ1v) is 15.7. The molecule has 0 heterocycles. The van der Waals surface area contributed by atoms with E-state index >= 15 is 0 Å². The fourth-order valence-corrected chi connectivity index (χ4v) is 5.76. The molecular formula is C33H56O3S. The molecule has 0 saturated carbocycles. The maximum absolute atomic E-state index is 13.2. The summed E-state index contributed by atoms with van der Waals surface area (Å²) in [7, 11) is -3.24. The van der Waals surface area contributed by atoms with Gasteiger partial charge in [0.25, 0.3) is 0 Å². The van der Waals surface area contributed by atoms with Gasteiger partial charge >= 0.3 is 0 Å². The lowest BCUT2D eigenvalue weighted by atomic mass is 10.0. The molecular weight excluding hydrogens is 476 g/mol. The van der Waals surface area contributed by atoms with E-state index in [1.807, 2.05) is 19.9 Å². The second kappa shape index (κ2) is 19.4. The fraction of sp³-hybridized carbons (Fsp3) is 0.636. The van der Waals surface area contributed by atoms with Crippen LogP contribution in [0.5, 0.6) is 0 Å². The van der Waals surface area contributed by atoms with Gasteiger partial charge in [-0.1, -0.05) is 69.9 Å². The Morgan fingerprint density at radius 2 is 1.03 bits per heavy atom. The predicted octanol–water partition coefficient (Wildman–Crippen LogP) is 9.38. The van der Waals surface area contributed by atoms with Crippen LogP contribution < -0.4 is 0 Å². The summed E-state index contributed by atoms with van der Waals surface area (Å²) in [6.07, 6.45) is 21.4. The summed E-state index contributed by atoms with van der Waals surface area (Å²) in [6.45, 7) is 18.4. The third kappa shape index (κ3) is 16.7. The smallest absolute Gasteiger partial charge is 0.159 e. The molecule has 4 heteroatoms. The lowest BCUT2D eigenvalue weighted by Crippen LogP contribution is -2.29. The Kier molecular flexibility index (Phi) is 18.6. The van der Waals surface area contributed by atoms with E-state index in [2.05, 4.69) is 65.0 Å². The second-order valence-corrected chi connectivity index (χ2v) is 13.8. The van der Waals surface area contributed by atoms with Gasteiger partial charge < -0.3 is 5.11 Å². The number of aliphatic hydroxyl groups is 1. The number of allylic oxidation sites excluding steroid dienone is 10. The van der Waals surface area contributed by atoms with Crippen LogP contribution in [0.25, 0.3) is 0 Å². The van der Waals surface area contributed by atoms with Gasteiger partial charge in [-0.2, -0.15) is 0 Å². The van der Waals surface area contributed by atoms with Crippen molar-refractivity contribution in [2.24, 2.45) is 0 Å². The van der Waals surface area contributed by atoms with Crippen molar-refractivity contribution in [1.29, 1.82) is 0 Å². The van der Waals surface area contributed by atoms with E-state index in [4.69, 9.17) is 5.11 Å². The van der Waals surface area contributed by atoms with Gasteiger partial charge in [-0.05, 0) is 120 Å². The molecule has 0 aliphatic carbocycles. The molecule has 0 aromatic carbocycles. The Labute approximate surface area is 230 Å². The third-order valence-corrected chi connectivity index (χ3v) is 9.51. The summed E-state index contributed by atoms with van der Waals surface area (Å²) in [5.41, 5.74) is 7.54. The molecule has 0 aromatic heterocycles. The van der Waals surface area contributed by atoms with Gasteiger partial charge in [-0.15, -0.1) is 0 Å². The van der Waals surface area contributed by atoms with Crippen LogP contribution in [0.2, 0.25) is 0 Å². The zero-order valence-corrected chi connectivity index (χ0v) is 26.2. The number of hydrogen-bond acceptors (Lipinski definition) is 3. The van der Waals surface area contributed by atoms with Gasteiger partial charge in [0, 0.05) is 0 Å². The number of sulfone groups is 1. The quantitative estimate of drug-likeness (QED) is 0.179. The van der Waals surface area contributed by atoms with Gasteiger partial charge in [0.15, 0.2) is 9.84 Å². The zero-order chi connectivity index (χ0) is 28.4. The van der Waals surface area contributed by atoms with Crippen LogP contribution in [-0.2, 0) is 9.84 Å². The van der Waals surface area contributed by atoms with Gasteiger partial charge in [0.1, 0.15) is 0 Å². The van der Waals surface area contributed by atoms with Crippen LogP contribution in [0, 0.1) is 0 Å². The third-order valence-electron chi connectivity index (χ3n) is 6.84. The molecule has 0 amide bonds. The van der Waals surface area contributed by atoms with E-state index in [1.165, 1.54) is 27.9 Å². The monoisotopic (exact) mass is 532 g/mol.